The minimum atomic E-state index is 0.0511. The molecule has 0 radical (unpaired) electrons. The fourth-order valence-electron chi connectivity index (χ4n) is 1.86. The van der Waals surface area contributed by atoms with Crippen LogP contribution in [0.15, 0.2) is 42.5 Å². The van der Waals surface area contributed by atoms with E-state index in [0.717, 1.165) is 16.7 Å². The number of hydrogen-bond donors (Lipinski definition) is 2. The zero-order valence-corrected chi connectivity index (χ0v) is 11.5. The molecule has 0 saturated heterocycles. The summed E-state index contributed by atoms with van der Waals surface area (Å²) in [6, 6.07) is 13.3. The van der Waals surface area contributed by atoms with E-state index in [9.17, 15) is 0 Å². The summed E-state index contributed by atoms with van der Waals surface area (Å²) in [6.07, 6.45) is 0. The second-order valence-corrected chi connectivity index (χ2v) is 4.45. The standard InChI is InChI=1S/C16H19NO3/c1-19-16-8-14(9-17)6-7-15(16)20-11-13-4-2-12(10-18)3-5-13/h2-8,18H,9-11,17H2,1H3. The lowest BCUT2D eigenvalue weighted by molar-refractivity contribution is 0.279. The van der Waals surface area contributed by atoms with Crippen molar-refractivity contribution in [2.75, 3.05) is 7.11 Å². The summed E-state index contributed by atoms with van der Waals surface area (Å²) in [4.78, 5) is 0. The quantitative estimate of drug-likeness (QED) is 0.847. The van der Waals surface area contributed by atoms with Gasteiger partial charge in [-0.15, -0.1) is 0 Å². The lowest BCUT2D eigenvalue weighted by Gasteiger charge is -2.12. The topological polar surface area (TPSA) is 64.7 Å². The highest BCUT2D eigenvalue weighted by Gasteiger charge is 2.05. The summed E-state index contributed by atoms with van der Waals surface area (Å²) in [5, 5.41) is 9.00. The first-order valence-electron chi connectivity index (χ1n) is 6.45. The maximum absolute atomic E-state index is 9.00. The number of ether oxygens (including phenoxy) is 2. The highest BCUT2D eigenvalue weighted by molar-refractivity contribution is 5.43. The van der Waals surface area contributed by atoms with E-state index < -0.39 is 0 Å². The van der Waals surface area contributed by atoms with Crippen LogP contribution in [0.1, 0.15) is 16.7 Å². The van der Waals surface area contributed by atoms with E-state index in [4.69, 9.17) is 20.3 Å². The van der Waals surface area contributed by atoms with Gasteiger partial charge in [0, 0.05) is 6.54 Å². The van der Waals surface area contributed by atoms with Crippen molar-refractivity contribution in [3.8, 4) is 11.5 Å². The average molecular weight is 273 g/mol. The zero-order valence-electron chi connectivity index (χ0n) is 11.5. The first-order valence-corrected chi connectivity index (χ1v) is 6.45. The van der Waals surface area contributed by atoms with Gasteiger partial charge in [-0.25, -0.2) is 0 Å². The molecule has 0 bridgehead atoms. The summed E-state index contributed by atoms with van der Waals surface area (Å²) in [7, 11) is 1.61. The van der Waals surface area contributed by atoms with Crippen molar-refractivity contribution >= 4 is 0 Å². The van der Waals surface area contributed by atoms with E-state index in [1.807, 2.05) is 42.5 Å². The van der Waals surface area contributed by atoms with Gasteiger partial charge in [-0.05, 0) is 28.8 Å². The first-order chi connectivity index (χ1) is 9.76. The minimum absolute atomic E-state index is 0.0511. The molecule has 2 aromatic carbocycles. The van der Waals surface area contributed by atoms with Crippen LogP contribution in [0.4, 0.5) is 0 Å². The van der Waals surface area contributed by atoms with E-state index in [1.165, 1.54) is 0 Å². The lowest BCUT2D eigenvalue weighted by Crippen LogP contribution is -2.00. The number of rotatable bonds is 6. The first kappa shape index (κ1) is 14.4. The SMILES string of the molecule is COc1cc(CN)ccc1OCc1ccc(CO)cc1. The van der Waals surface area contributed by atoms with Crippen molar-refractivity contribution in [3.05, 3.63) is 59.2 Å². The Labute approximate surface area is 118 Å². The molecule has 0 atom stereocenters. The number of nitrogens with two attached hydrogens (primary N) is 1. The highest BCUT2D eigenvalue weighted by Crippen LogP contribution is 2.28. The smallest absolute Gasteiger partial charge is 0.161 e. The van der Waals surface area contributed by atoms with Gasteiger partial charge in [-0.3, -0.25) is 0 Å². The maximum atomic E-state index is 9.00. The average Bonchev–Trinajstić information content (AvgIpc) is 2.53. The number of aliphatic hydroxyl groups is 1. The van der Waals surface area contributed by atoms with Crippen molar-refractivity contribution in [3.63, 3.8) is 0 Å². The van der Waals surface area contributed by atoms with Gasteiger partial charge in [0.2, 0.25) is 0 Å². The molecule has 0 unspecified atom stereocenters. The van der Waals surface area contributed by atoms with Gasteiger partial charge in [0.25, 0.3) is 0 Å². The van der Waals surface area contributed by atoms with Gasteiger partial charge in [0.1, 0.15) is 6.61 Å². The van der Waals surface area contributed by atoms with Crippen molar-refractivity contribution in [1.82, 2.24) is 0 Å². The fraction of sp³-hybridized carbons (Fsp3) is 0.250. The van der Waals surface area contributed by atoms with Crippen LogP contribution < -0.4 is 15.2 Å². The Morgan fingerprint density at radius 1 is 0.950 bits per heavy atom. The van der Waals surface area contributed by atoms with Crippen LogP contribution in [-0.4, -0.2) is 12.2 Å². The number of benzene rings is 2. The normalized spacial score (nSPS) is 10.3. The lowest BCUT2D eigenvalue weighted by atomic mass is 10.1. The van der Waals surface area contributed by atoms with E-state index >= 15 is 0 Å². The van der Waals surface area contributed by atoms with Crippen LogP contribution in [0.5, 0.6) is 11.5 Å². The highest BCUT2D eigenvalue weighted by atomic mass is 16.5. The minimum Gasteiger partial charge on any atom is -0.493 e. The predicted molar refractivity (Wildman–Crippen MR) is 77.6 cm³/mol. The molecule has 0 aliphatic rings. The van der Waals surface area contributed by atoms with Gasteiger partial charge in [-0.1, -0.05) is 30.3 Å². The molecule has 0 saturated carbocycles. The maximum Gasteiger partial charge on any atom is 0.161 e. The molecule has 4 heteroatoms. The number of methoxy groups -OCH3 is 1. The molecule has 0 spiro atoms. The van der Waals surface area contributed by atoms with Gasteiger partial charge < -0.3 is 20.3 Å². The molecule has 2 aromatic rings. The molecule has 0 aliphatic carbocycles. The van der Waals surface area contributed by atoms with Crippen LogP contribution in [0.2, 0.25) is 0 Å². The molecule has 0 fully saturated rings. The van der Waals surface area contributed by atoms with E-state index in [1.54, 1.807) is 7.11 Å². The summed E-state index contributed by atoms with van der Waals surface area (Å²) in [5.74, 6) is 1.37. The monoisotopic (exact) mass is 273 g/mol. The molecule has 2 rings (SSSR count). The van der Waals surface area contributed by atoms with Crippen LogP contribution in [0.25, 0.3) is 0 Å². The summed E-state index contributed by atoms with van der Waals surface area (Å²) >= 11 is 0. The largest absolute Gasteiger partial charge is 0.493 e. The second-order valence-electron chi connectivity index (χ2n) is 4.45. The Kier molecular flexibility index (Phi) is 4.98. The molecular weight excluding hydrogens is 254 g/mol. The molecule has 0 aliphatic heterocycles. The Morgan fingerprint density at radius 2 is 1.60 bits per heavy atom. The molecular formula is C16H19NO3. The summed E-state index contributed by atoms with van der Waals surface area (Å²) in [6.45, 7) is 0.971. The third-order valence-corrected chi connectivity index (χ3v) is 3.06. The second kappa shape index (κ2) is 6.93. The van der Waals surface area contributed by atoms with Gasteiger partial charge in [0.05, 0.1) is 13.7 Å². The molecule has 0 aromatic heterocycles. The molecule has 0 amide bonds. The van der Waals surface area contributed by atoms with Crippen LogP contribution in [0, 0.1) is 0 Å². The van der Waals surface area contributed by atoms with E-state index in [2.05, 4.69) is 0 Å². The molecule has 20 heavy (non-hydrogen) atoms. The van der Waals surface area contributed by atoms with Crippen molar-refractivity contribution in [2.45, 2.75) is 19.8 Å². The van der Waals surface area contributed by atoms with Crippen LogP contribution in [0.3, 0.4) is 0 Å². The summed E-state index contributed by atoms with van der Waals surface area (Å²) < 4.78 is 11.1. The van der Waals surface area contributed by atoms with Crippen molar-refractivity contribution in [2.24, 2.45) is 5.73 Å². The third-order valence-electron chi connectivity index (χ3n) is 3.06. The summed E-state index contributed by atoms with van der Waals surface area (Å²) in [5.41, 5.74) is 8.52. The van der Waals surface area contributed by atoms with E-state index in [0.29, 0.717) is 24.7 Å². The van der Waals surface area contributed by atoms with Gasteiger partial charge in [-0.2, -0.15) is 0 Å². The van der Waals surface area contributed by atoms with Crippen molar-refractivity contribution < 1.29 is 14.6 Å². The molecule has 106 valence electrons. The third kappa shape index (κ3) is 3.50. The van der Waals surface area contributed by atoms with Crippen LogP contribution in [-0.2, 0) is 19.8 Å². The molecule has 0 heterocycles. The predicted octanol–water partition coefficient (Wildman–Crippen LogP) is 2.23. The fourth-order valence-corrected chi connectivity index (χ4v) is 1.86. The van der Waals surface area contributed by atoms with Gasteiger partial charge in [0.15, 0.2) is 11.5 Å². The molecule has 4 nitrogen and oxygen atoms in total. The Hall–Kier alpha value is -2.04. The van der Waals surface area contributed by atoms with Gasteiger partial charge >= 0.3 is 0 Å². The van der Waals surface area contributed by atoms with Crippen LogP contribution >= 0.6 is 0 Å². The number of aliphatic hydroxyl groups excluding tert-OH is 1. The van der Waals surface area contributed by atoms with Crippen molar-refractivity contribution in [1.29, 1.82) is 0 Å². The van der Waals surface area contributed by atoms with E-state index in [-0.39, 0.29) is 6.61 Å². The molecule has 3 N–H and O–H groups in total. The zero-order chi connectivity index (χ0) is 14.4. The Bertz CT molecular complexity index is 552. The Morgan fingerprint density at radius 3 is 2.20 bits per heavy atom. The Balaban J connectivity index is 2.05. The number of hydrogen-bond acceptors (Lipinski definition) is 4.